The minimum Gasteiger partial charge on any atom is -0.493 e. The summed E-state index contributed by atoms with van der Waals surface area (Å²) in [5, 5.41) is 0. The molecule has 0 aliphatic heterocycles. The third kappa shape index (κ3) is 6.27. The molecular formula is C31H26O5. The quantitative estimate of drug-likeness (QED) is 0.120. The van der Waals surface area contributed by atoms with Crippen LogP contribution in [0.25, 0.3) is 6.08 Å². The maximum absolute atomic E-state index is 12.6. The number of hydrogen-bond donors (Lipinski definition) is 0. The Bertz CT molecular complexity index is 1380. The van der Waals surface area contributed by atoms with Crippen LogP contribution in [0.3, 0.4) is 0 Å². The normalized spacial score (nSPS) is 10.7. The maximum atomic E-state index is 12.6. The number of ketones is 1. The molecule has 0 fully saturated rings. The lowest BCUT2D eigenvalue weighted by molar-refractivity contribution is -0.128. The third-order valence-corrected chi connectivity index (χ3v) is 5.52. The lowest BCUT2D eigenvalue weighted by Gasteiger charge is -2.11. The number of ether oxygens (including phenoxy) is 3. The number of methoxy groups -OCH3 is 1. The summed E-state index contributed by atoms with van der Waals surface area (Å²) in [6.07, 6.45) is 3.00. The predicted molar refractivity (Wildman–Crippen MR) is 139 cm³/mol. The van der Waals surface area contributed by atoms with Gasteiger partial charge in [0.2, 0.25) is 0 Å². The average molecular weight is 479 g/mol. The minimum atomic E-state index is -0.524. The van der Waals surface area contributed by atoms with Gasteiger partial charge in [-0.05, 0) is 60.0 Å². The first-order valence-electron chi connectivity index (χ1n) is 11.5. The highest BCUT2D eigenvalue weighted by Crippen LogP contribution is 2.29. The molecule has 0 atom stereocenters. The first-order chi connectivity index (χ1) is 17.5. The predicted octanol–water partition coefficient (Wildman–Crippen LogP) is 6.43. The molecule has 36 heavy (non-hydrogen) atoms. The summed E-state index contributed by atoms with van der Waals surface area (Å²) in [4.78, 5) is 25.1. The molecule has 0 radical (unpaired) electrons. The summed E-state index contributed by atoms with van der Waals surface area (Å²) in [6, 6.07) is 29.4. The summed E-state index contributed by atoms with van der Waals surface area (Å²) < 4.78 is 16.8. The molecule has 180 valence electrons. The number of carbonyl (C=O) groups excluding carboxylic acids is 2. The number of benzene rings is 4. The van der Waals surface area contributed by atoms with E-state index in [2.05, 4.69) is 0 Å². The van der Waals surface area contributed by atoms with Crippen molar-refractivity contribution >= 4 is 17.8 Å². The smallest absolute Gasteiger partial charge is 0.336 e. The van der Waals surface area contributed by atoms with Crippen molar-refractivity contribution in [3.8, 4) is 17.2 Å². The summed E-state index contributed by atoms with van der Waals surface area (Å²) >= 11 is 0. The van der Waals surface area contributed by atoms with Crippen molar-refractivity contribution in [2.45, 2.75) is 13.5 Å². The first kappa shape index (κ1) is 24.5. The number of esters is 1. The van der Waals surface area contributed by atoms with E-state index in [-0.39, 0.29) is 5.78 Å². The SMILES string of the molecule is COc1cc(/C=C/C(=O)Oc2ccc(C(=O)c3ccccc3)cc2C)ccc1OCc1ccccc1. The minimum absolute atomic E-state index is 0.0818. The van der Waals surface area contributed by atoms with Gasteiger partial charge < -0.3 is 14.2 Å². The molecule has 0 aliphatic rings. The molecule has 4 rings (SSSR count). The van der Waals surface area contributed by atoms with E-state index >= 15 is 0 Å². The molecule has 4 aromatic carbocycles. The average Bonchev–Trinajstić information content (AvgIpc) is 2.92. The van der Waals surface area contributed by atoms with Crippen LogP contribution in [-0.2, 0) is 11.4 Å². The molecule has 0 saturated carbocycles. The number of carbonyl (C=O) groups is 2. The Hall–Kier alpha value is -4.64. The van der Waals surface area contributed by atoms with Crippen molar-refractivity contribution < 1.29 is 23.8 Å². The molecule has 0 N–H and O–H groups in total. The van der Waals surface area contributed by atoms with Gasteiger partial charge in [-0.15, -0.1) is 0 Å². The van der Waals surface area contributed by atoms with Crippen LogP contribution in [0.4, 0.5) is 0 Å². The maximum Gasteiger partial charge on any atom is 0.336 e. The highest BCUT2D eigenvalue weighted by Gasteiger charge is 2.12. The standard InChI is InChI=1S/C31H26O5/c1-22-19-26(31(33)25-11-7-4-8-12-25)15-17-27(22)36-30(32)18-14-23-13-16-28(29(20-23)34-2)35-21-24-9-5-3-6-10-24/h3-20H,21H2,1-2H3/b18-14+. The van der Waals surface area contributed by atoms with E-state index in [1.54, 1.807) is 62.6 Å². The van der Waals surface area contributed by atoms with Crippen molar-refractivity contribution in [3.63, 3.8) is 0 Å². The van der Waals surface area contributed by atoms with Gasteiger partial charge in [0.05, 0.1) is 7.11 Å². The molecule has 0 unspecified atom stereocenters. The molecule has 0 heterocycles. The zero-order valence-corrected chi connectivity index (χ0v) is 20.1. The second kappa shape index (κ2) is 11.7. The van der Waals surface area contributed by atoms with E-state index in [0.29, 0.717) is 40.5 Å². The van der Waals surface area contributed by atoms with E-state index in [1.165, 1.54) is 6.08 Å². The largest absolute Gasteiger partial charge is 0.493 e. The van der Waals surface area contributed by atoms with E-state index < -0.39 is 5.97 Å². The number of rotatable bonds is 9. The van der Waals surface area contributed by atoms with E-state index in [0.717, 1.165) is 11.1 Å². The van der Waals surface area contributed by atoms with Gasteiger partial charge in [-0.2, -0.15) is 0 Å². The molecule has 4 aromatic rings. The molecule has 0 saturated heterocycles. The molecule has 0 bridgehead atoms. The van der Waals surface area contributed by atoms with Crippen molar-refractivity contribution in [1.82, 2.24) is 0 Å². The van der Waals surface area contributed by atoms with Crippen LogP contribution in [-0.4, -0.2) is 18.9 Å². The van der Waals surface area contributed by atoms with Crippen molar-refractivity contribution in [2.75, 3.05) is 7.11 Å². The summed E-state index contributed by atoms with van der Waals surface area (Å²) in [6.45, 7) is 2.22. The van der Waals surface area contributed by atoms with Crippen LogP contribution >= 0.6 is 0 Å². The Morgan fingerprint density at radius 2 is 1.44 bits per heavy atom. The Balaban J connectivity index is 1.39. The Morgan fingerprint density at radius 1 is 0.750 bits per heavy atom. The molecule has 0 aliphatic carbocycles. The number of aryl methyl sites for hydroxylation is 1. The first-order valence-corrected chi connectivity index (χ1v) is 11.5. The van der Waals surface area contributed by atoms with Gasteiger partial charge in [0.25, 0.3) is 0 Å². The fraction of sp³-hybridized carbons (Fsp3) is 0.0968. The lowest BCUT2D eigenvalue weighted by atomic mass is 10.0. The fourth-order valence-electron chi connectivity index (χ4n) is 3.61. The summed E-state index contributed by atoms with van der Waals surface area (Å²) in [7, 11) is 1.57. The van der Waals surface area contributed by atoms with Gasteiger partial charge in [0, 0.05) is 17.2 Å². The van der Waals surface area contributed by atoms with Crippen molar-refractivity contribution in [2.24, 2.45) is 0 Å². The van der Waals surface area contributed by atoms with Gasteiger partial charge in [-0.1, -0.05) is 66.7 Å². The molecular weight excluding hydrogens is 452 g/mol. The third-order valence-electron chi connectivity index (χ3n) is 5.52. The van der Waals surface area contributed by atoms with Gasteiger partial charge in [0.15, 0.2) is 17.3 Å². The van der Waals surface area contributed by atoms with Gasteiger partial charge in [-0.25, -0.2) is 4.79 Å². The molecule has 5 nitrogen and oxygen atoms in total. The van der Waals surface area contributed by atoms with Crippen molar-refractivity contribution in [3.05, 3.63) is 131 Å². The van der Waals surface area contributed by atoms with Crippen LogP contribution in [0.15, 0.2) is 103 Å². The summed E-state index contributed by atoms with van der Waals surface area (Å²) in [5.74, 6) is 0.972. The zero-order chi connectivity index (χ0) is 25.3. The Kier molecular flexibility index (Phi) is 7.94. The molecule has 0 spiro atoms. The van der Waals surface area contributed by atoms with Crippen LogP contribution in [0.2, 0.25) is 0 Å². The Morgan fingerprint density at radius 3 is 2.14 bits per heavy atom. The van der Waals surface area contributed by atoms with Gasteiger partial charge >= 0.3 is 5.97 Å². The monoisotopic (exact) mass is 478 g/mol. The number of hydrogen-bond acceptors (Lipinski definition) is 5. The second-order valence-electron chi connectivity index (χ2n) is 8.11. The molecule has 0 amide bonds. The van der Waals surface area contributed by atoms with E-state index in [1.807, 2.05) is 54.6 Å². The van der Waals surface area contributed by atoms with Crippen LogP contribution in [0.1, 0.15) is 32.6 Å². The van der Waals surface area contributed by atoms with Crippen LogP contribution in [0, 0.1) is 6.92 Å². The second-order valence-corrected chi connectivity index (χ2v) is 8.11. The molecule has 0 aromatic heterocycles. The van der Waals surface area contributed by atoms with Crippen molar-refractivity contribution in [1.29, 1.82) is 0 Å². The van der Waals surface area contributed by atoms with Crippen LogP contribution < -0.4 is 14.2 Å². The molecule has 5 heteroatoms. The topological polar surface area (TPSA) is 61.8 Å². The van der Waals surface area contributed by atoms with Gasteiger partial charge in [-0.3, -0.25) is 4.79 Å². The Labute approximate surface area is 210 Å². The highest BCUT2D eigenvalue weighted by atomic mass is 16.5. The van der Waals surface area contributed by atoms with E-state index in [4.69, 9.17) is 14.2 Å². The van der Waals surface area contributed by atoms with Gasteiger partial charge in [0.1, 0.15) is 12.4 Å². The fourth-order valence-corrected chi connectivity index (χ4v) is 3.61. The van der Waals surface area contributed by atoms with Crippen LogP contribution in [0.5, 0.6) is 17.2 Å². The van der Waals surface area contributed by atoms with E-state index in [9.17, 15) is 9.59 Å². The highest BCUT2D eigenvalue weighted by molar-refractivity contribution is 6.09. The zero-order valence-electron chi connectivity index (χ0n) is 20.1. The lowest BCUT2D eigenvalue weighted by Crippen LogP contribution is -2.06. The summed E-state index contributed by atoms with van der Waals surface area (Å²) in [5.41, 5.74) is 3.66.